The number of hydrogen-bond donors (Lipinski definition) is 1. The lowest BCUT2D eigenvalue weighted by Gasteiger charge is -2.49. The summed E-state index contributed by atoms with van der Waals surface area (Å²) in [6, 6.07) is 8.06. The summed E-state index contributed by atoms with van der Waals surface area (Å²) in [5.41, 5.74) is 1.28. The predicted molar refractivity (Wildman–Crippen MR) is 80.4 cm³/mol. The number of hydrogen-bond acceptors (Lipinski definition) is 3. The molecule has 1 aliphatic carbocycles. The Labute approximate surface area is 125 Å². The molecule has 0 aromatic heterocycles. The van der Waals surface area contributed by atoms with Gasteiger partial charge in [-0.3, -0.25) is 4.90 Å². The lowest BCUT2D eigenvalue weighted by molar-refractivity contribution is -0.158. The summed E-state index contributed by atoms with van der Waals surface area (Å²) in [4.78, 5) is 14.4. The van der Waals surface area contributed by atoms with Gasteiger partial charge in [0.05, 0.1) is 13.2 Å². The first kappa shape index (κ1) is 14.5. The van der Waals surface area contributed by atoms with Crippen LogP contribution in [0.1, 0.15) is 37.8 Å². The zero-order chi connectivity index (χ0) is 15.1. The van der Waals surface area contributed by atoms with Crippen LogP contribution < -0.4 is 0 Å². The second kappa shape index (κ2) is 5.11. The number of carboxylic acid groups (broad SMARTS) is 1. The summed E-state index contributed by atoms with van der Waals surface area (Å²) < 4.78 is 5.41. The van der Waals surface area contributed by atoms with Crippen LogP contribution in [0.3, 0.4) is 0 Å². The fourth-order valence-corrected chi connectivity index (χ4v) is 3.83. The number of fused-ring (bicyclic) bond motifs is 1. The molecule has 0 saturated carbocycles. The van der Waals surface area contributed by atoms with Crippen LogP contribution in [0.15, 0.2) is 24.3 Å². The first-order chi connectivity index (χ1) is 9.98. The number of rotatable bonds is 2. The van der Waals surface area contributed by atoms with Crippen molar-refractivity contribution in [3.63, 3.8) is 0 Å². The molecule has 0 amide bonds. The lowest BCUT2D eigenvalue weighted by atomic mass is 9.64. The molecule has 114 valence electrons. The van der Waals surface area contributed by atoms with Crippen LogP contribution in [0.25, 0.3) is 0 Å². The summed E-state index contributed by atoms with van der Waals surface area (Å²) in [7, 11) is 0. The molecule has 1 saturated heterocycles. The normalized spacial score (nSPS) is 28.9. The average molecular weight is 289 g/mol. The molecular weight excluding hydrogens is 266 g/mol. The maximum Gasteiger partial charge on any atom is 0.328 e. The van der Waals surface area contributed by atoms with Gasteiger partial charge in [0.25, 0.3) is 0 Å². The molecule has 1 atom stereocenters. The van der Waals surface area contributed by atoms with E-state index in [0.29, 0.717) is 32.7 Å². The molecule has 1 unspecified atom stereocenters. The summed E-state index contributed by atoms with van der Waals surface area (Å²) in [6.45, 7) is 7.00. The zero-order valence-corrected chi connectivity index (χ0v) is 12.8. The van der Waals surface area contributed by atoms with Crippen molar-refractivity contribution in [2.24, 2.45) is 0 Å². The van der Waals surface area contributed by atoms with Gasteiger partial charge in [0.1, 0.15) is 5.54 Å². The van der Waals surface area contributed by atoms with E-state index in [0.717, 1.165) is 12.0 Å². The quantitative estimate of drug-likeness (QED) is 0.908. The molecule has 1 fully saturated rings. The summed E-state index contributed by atoms with van der Waals surface area (Å²) in [5.74, 6) is -0.729. The predicted octanol–water partition coefficient (Wildman–Crippen LogP) is 2.37. The third-order valence-electron chi connectivity index (χ3n) is 5.12. The van der Waals surface area contributed by atoms with E-state index >= 15 is 0 Å². The number of ether oxygens (including phenoxy) is 1. The van der Waals surface area contributed by atoms with Gasteiger partial charge < -0.3 is 9.84 Å². The molecule has 1 heterocycles. The van der Waals surface area contributed by atoms with E-state index in [2.05, 4.69) is 24.8 Å². The van der Waals surface area contributed by atoms with Crippen LogP contribution in [-0.4, -0.2) is 42.3 Å². The molecule has 0 radical (unpaired) electrons. The first-order valence-corrected chi connectivity index (χ1v) is 7.65. The molecule has 1 aromatic rings. The molecule has 1 aromatic carbocycles. The van der Waals surface area contributed by atoms with Crippen LogP contribution in [0.5, 0.6) is 0 Å². The van der Waals surface area contributed by atoms with Crippen molar-refractivity contribution >= 4 is 5.97 Å². The molecule has 4 heteroatoms. The highest BCUT2D eigenvalue weighted by Crippen LogP contribution is 2.48. The van der Waals surface area contributed by atoms with Crippen LogP contribution in [-0.2, 0) is 20.5 Å². The molecule has 0 bridgehead atoms. The van der Waals surface area contributed by atoms with Crippen molar-refractivity contribution in [1.29, 1.82) is 0 Å². The second-order valence-electron chi connectivity index (χ2n) is 6.69. The zero-order valence-electron chi connectivity index (χ0n) is 12.8. The number of benzene rings is 1. The van der Waals surface area contributed by atoms with Gasteiger partial charge in [-0.15, -0.1) is 0 Å². The molecule has 4 nitrogen and oxygen atoms in total. The van der Waals surface area contributed by atoms with Crippen LogP contribution in [0, 0.1) is 0 Å². The van der Waals surface area contributed by atoms with Crippen molar-refractivity contribution in [2.45, 2.75) is 37.6 Å². The summed E-state index contributed by atoms with van der Waals surface area (Å²) in [6.07, 6.45) is 1.54. The van der Waals surface area contributed by atoms with Gasteiger partial charge in [0, 0.05) is 13.1 Å². The minimum Gasteiger partial charge on any atom is -0.480 e. The van der Waals surface area contributed by atoms with E-state index in [1.807, 2.05) is 18.2 Å². The van der Waals surface area contributed by atoms with Gasteiger partial charge >= 0.3 is 5.97 Å². The van der Waals surface area contributed by atoms with Crippen molar-refractivity contribution in [3.05, 3.63) is 35.4 Å². The molecule has 1 N–H and O–H groups in total. The minimum absolute atomic E-state index is 0.0296. The standard InChI is InChI=1S/C17H23NO3/c1-16(2)7-8-17(15(19)20,18-9-11-21-12-10-18)14-6-4-3-5-13(14)16/h3-6H,7-12H2,1-2H3,(H,19,20). The SMILES string of the molecule is CC1(C)CCC(C(=O)O)(N2CCOCC2)c2ccccc21. The minimum atomic E-state index is -0.893. The Morgan fingerprint density at radius 3 is 2.38 bits per heavy atom. The van der Waals surface area contributed by atoms with Gasteiger partial charge in [-0.25, -0.2) is 4.79 Å². The highest BCUT2D eigenvalue weighted by molar-refractivity contribution is 5.82. The van der Waals surface area contributed by atoms with Crippen LogP contribution in [0.2, 0.25) is 0 Å². The number of aliphatic carboxylic acids is 1. The van der Waals surface area contributed by atoms with Crippen LogP contribution >= 0.6 is 0 Å². The van der Waals surface area contributed by atoms with E-state index in [4.69, 9.17) is 4.74 Å². The Kier molecular flexibility index (Phi) is 3.54. The average Bonchev–Trinajstić information content (AvgIpc) is 2.48. The highest BCUT2D eigenvalue weighted by Gasteiger charge is 2.51. The molecule has 21 heavy (non-hydrogen) atoms. The Morgan fingerprint density at radius 1 is 1.14 bits per heavy atom. The van der Waals surface area contributed by atoms with Gasteiger partial charge in [-0.2, -0.15) is 0 Å². The third kappa shape index (κ3) is 2.17. The first-order valence-electron chi connectivity index (χ1n) is 7.65. The van der Waals surface area contributed by atoms with E-state index in [1.165, 1.54) is 5.56 Å². The highest BCUT2D eigenvalue weighted by atomic mass is 16.5. The molecular formula is C17H23NO3. The number of morpholine rings is 1. The van der Waals surface area contributed by atoms with Crippen molar-refractivity contribution < 1.29 is 14.6 Å². The van der Waals surface area contributed by atoms with Crippen molar-refractivity contribution in [1.82, 2.24) is 4.90 Å². The van der Waals surface area contributed by atoms with Gasteiger partial charge in [0.15, 0.2) is 0 Å². The summed E-state index contributed by atoms with van der Waals surface area (Å²) in [5, 5.41) is 10.1. The van der Waals surface area contributed by atoms with Gasteiger partial charge in [-0.1, -0.05) is 38.1 Å². The van der Waals surface area contributed by atoms with Crippen molar-refractivity contribution in [2.75, 3.05) is 26.3 Å². The van der Waals surface area contributed by atoms with Gasteiger partial charge in [0.2, 0.25) is 0 Å². The third-order valence-corrected chi connectivity index (χ3v) is 5.12. The Morgan fingerprint density at radius 2 is 1.76 bits per heavy atom. The monoisotopic (exact) mass is 289 g/mol. The molecule has 0 spiro atoms. The van der Waals surface area contributed by atoms with E-state index in [1.54, 1.807) is 0 Å². The van der Waals surface area contributed by atoms with Gasteiger partial charge in [-0.05, 0) is 29.4 Å². The van der Waals surface area contributed by atoms with Crippen LogP contribution in [0.4, 0.5) is 0 Å². The molecule has 1 aliphatic heterocycles. The fourth-order valence-electron chi connectivity index (χ4n) is 3.83. The Balaban J connectivity index is 2.15. The molecule has 3 rings (SSSR count). The topological polar surface area (TPSA) is 49.8 Å². The van der Waals surface area contributed by atoms with E-state index in [9.17, 15) is 9.90 Å². The number of nitrogens with zero attached hydrogens (tertiary/aromatic N) is 1. The summed E-state index contributed by atoms with van der Waals surface area (Å²) >= 11 is 0. The number of carboxylic acids is 1. The lowest BCUT2D eigenvalue weighted by Crippen LogP contribution is -2.58. The van der Waals surface area contributed by atoms with Crippen molar-refractivity contribution in [3.8, 4) is 0 Å². The van der Waals surface area contributed by atoms with E-state index < -0.39 is 11.5 Å². The number of carbonyl (C=O) groups is 1. The smallest absolute Gasteiger partial charge is 0.328 e. The van der Waals surface area contributed by atoms with E-state index in [-0.39, 0.29) is 5.41 Å². The molecule has 2 aliphatic rings. The largest absolute Gasteiger partial charge is 0.480 e. The second-order valence-corrected chi connectivity index (χ2v) is 6.69. The Bertz CT molecular complexity index is 549. The maximum atomic E-state index is 12.3. The maximum absolute atomic E-state index is 12.3. The Hall–Kier alpha value is -1.39. The fraction of sp³-hybridized carbons (Fsp3) is 0.588.